The first-order chi connectivity index (χ1) is 7.78. The lowest BCUT2D eigenvalue weighted by Gasteiger charge is -2.11. The summed E-state index contributed by atoms with van der Waals surface area (Å²) in [5, 5.41) is 6.20. The van der Waals surface area contributed by atoms with Crippen molar-refractivity contribution in [3.05, 3.63) is 24.4 Å². The molecule has 0 radical (unpaired) electrons. The van der Waals surface area contributed by atoms with Crippen LogP contribution in [0.3, 0.4) is 0 Å². The highest BCUT2D eigenvalue weighted by Gasteiger charge is 1.98. The van der Waals surface area contributed by atoms with Gasteiger partial charge >= 0.3 is 0 Å². The molecule has 0 heterocycles. The molecule has 0 atom stereocenters. The molecule has 0 aromatic heterocycles. The fraction of sp³-hybridized carbons (Fsp3) is 0.615. The first kappa shape index (κ1) is 17.2. The molecule has 0 aliphatic rings. The molecular weight excluding hydrogens is 198 g/mol. The number of guanidine groups is 1. The summed E-state index contributed by atoms with van der Waals surface area (Å²) in [6.07, 6.45) is 7.17. The van der Waals surface area contributed by atoms with E-state index < -0.39 is 0 Å². The Balaban J connectivity index is 0. The maximum Gasteiger partial charge on any atom is 0.194 e. The Morgan fingerprint density at radius 1 is 1.38 bits per heavy atom. The number of nitrogens with zero attached hydrogens (tertiary/aromatic N) is 1. The highest BCUT2D eigenvalue weighted by atomic mass is 15.2. The van der Waals surface area contributed by atoms with E-state index in [0.29, 0.717) is 0 Å². The second-order valence-electron chi connectivity index (χ2n) is 2.98. The van der Waals surface area contributed by atoms with E-state index in [-0.39, 0.29) is 0 Å². The van der Waals surface area contributed by atoms with Crippen molar-refractivity contribution in [2.45, 2.75) is 40.0 Å². The molecule has 0 fully saturated rings. The van der Waals surface area contributed by atoms with Gasteiger partial charge in [-0.25, -0.2) is 0 Å². The fourth-order valence-electron chi connectivity index (χ4n) is 1.08. The van der Waals surface area contributed by atoms with Crippen LogP contribution in [0.4, 0.5) is 0 Å². The minimum atomic E-state index is 0.786. The second-order valence-corrected chi connectivity index (χ2v) is 2.98. The fourth-order valence-corrected chi connectivity index (χ4v) is 1.08. The molecule has 3 nitrogen and oxygen atoms in total. The van der Waals surface area contributed by atoms with Gasteiger partial charge in [0.05, 0.1) is 0 Å². The van der Waals surface area contributed by atoms with Crippen LogP contribution in [0.1, 0.15) is 40.0 Å². The van der Waals surface area contributed by atoms with Gasteiger partial charge in [-0.2, -0.15) is 0 Å². The van der Waals surface area contributed by atoms with E-state index in [1.165, 1.54) is 12.8 Å². The van der Waals surface area contributed by atoms with E-state index in [2.05, 4.69) is 29.1 Å². The molecule has 0 spiro atoms. The molecular formula is C13H27N3. The zero-order chi connectivity index (χ0) is 12.8. The number of unbranched alkanes of at least 4 members (excludes halogenated alkanes) is 1. The summed E-state index contributed by atoms with van der Waals surface area (Å²) in [5.74, 6) is 0.786. The van der Waals surface area contributed by atoms with Gasteiger partial charge in [-0.1, -0.05) is 39.8 Å². The molecule has 0 saturated carbocycles. The Morgan fingerprint density at radius 2 is 2.00 bits per heavy atom. The van der Waals surface area contributed by atoms with Crippen LogP contribution in [0.25, 0.3) is 0 Å². The van der Waals surface area contributed by atoms with E-state index in [1.54, 1.807) is 13.1 Å². The maximum absolute atomic E-state index is 4.06. The normalized spacial score (nSPS) is 11.3. The number of hydrogen-bond donors (Lipinski definition) is 2. The molecule has 3 heteroatoms. The molecule has 0 saturated heterocycles. The van der Waals surface area contributed by atoms with Crippen LogP contribution in [0.15, 0.2) is 29.4 Å². The van der Waals surface area contributed by atoms with E-state index in [9.17, 15) is 0 Å². The number of aliphatic imine (C=N–C) groups is 1. The molecule has 0 amide bonds. The van der Waals surface area contributed by atoms with E-state index in [4.69, 9.17) is 0 Å². The first-order valence-electron chi connectivity index (χ1n) is 6.01. The van der Waals surface area contributed by atoms with Gasteiger partial charge in [-0.05, 0) is 18.9 Å². The Bertz CT molecular complexity index is 217. The van der Waals surface area contributed by atoms with Crippen LogP contribution in [0, 0.1) is 0 Å². The summed E-state index contributed by atoms with van der Waals surface area (Å²) in [7, 11) is 3.60. The summed E-state index contributed by atoms with van der Waals surface area (Å²) >= 11 is 0. The summed E-state index contributed by atoms with van der Waals surface area (Å²) in [6.45, 7) is 9.87. The van der Waals surface area contributed by atoms with Crippen molar-refractivity contribution >= 4 is 5.96 Å². The van der Waals surface area contributed by atoms with Crippen LogP contribution >= 0.6 is 0 Å². The average molecular weight is 225 g/mol. The van der Waals surface area contributed by atoms with E-state index in [1.807, 2.05) is 27.0 Å². The first-order valence-corrected chi connectivity index (χ1v) is 6.01. The van der Waals surface area contributed by atoms with Crippen LogP contribution in [0.2, 0.25) is 0 Å². The quantitative estimate of drug-likeness (QED) is 0.428. The third-order valence-corrected chi connectivity index (χ3v) is 1.86. The Kier molecular flexibility index (Phi) is 14.7. The standard InChI is InChI=1S/C11H21N3.C2H6/c1-5-7-9-10(8-6-2)14-11(12-3)13-4;1-2/h6,8H,2,5,7,9H2,1,3-4H3,(H2,12,13,14);1-2H3/b10-8+;. The van der Waals surface area contributed by atoms with Crippen molar-refractivity contribution in [1.29, 1.82) is 0 Å². The van der Waals surface area contributed by atoms with Crippen molar-refractivity contribution in [3.63, 3.8) is 0 Å². The van der Waals surface area contributed by atoms with Gasteiger partial charge in [0.2, 0.25) is 0 Å². The van der Waals surface area contributed by atoms with Gasteiger partial charge in [-0.15, -0.1) is 0 Å². The molecule has 0 aliphatic carbocycles. The van der Waals surface area contributed by atoms with Crippen molar-refractivity contribution in [2.24, 2.45) is 4.99 Å². The molecule has 0 aliphatic heterocycles. The van der Waals surface area contributed by atoms with E-state index in [0.717, 1.165) is 18.1 Å². The van der Waals surface area contributed by atoms with Crippen LogP contribution in [-0.4, -0.2) is 20.1 Å². The molecule has 0 unspecified atom stereocenters. The number of rotatable bonds is 5. The highest BCUT2D eigenvalue weighted by molar-refractivity contribution is 5.81. The third kappa shape index (κ3) is 9.31. The highest BCUT2D eigenvalue weighted by Crippen LogP contribution is 2.03. The SMILES string of the molecule is C=C/C=C(\CCCC)NC(=NC)NC.CC. The zero-order valence-electron chi connectivity index (χ0n) is 11.4. The van der Waals surface area contributed by atoms with Crippen molar-refractivity contribution in [2.75, 3.05) is 14.1 Å². The third-order valence-electron chi connectivity index (χ3n) is 1.86. The maximum atomic E-state index is 4.06. The summed E-state index contributed by atoms with van der Waals surface area (Å²) in [4.78, 5) is 4.06. The minimum absolute atomic E-state index is 0.786. The van der Waals surface area contributed by atoms with E-state index >= 15 is 0 Å². The van der Waals surface area contributed by atoms with Gasteiger partial charge in [0, 0.05) is 19.8 Å². The van der Waals surface area contributed by atoms with Crippen LogP contribution in [-0.2, 0) is 0 Å². The monoisotopic (exact) mass is 225 g/mol. The molecule has 2 N–H and O–H groups in total. The van der Waals surface area contributed by atoms with Crippen molar-refractivity contribution < 1.29 is 0 Å². The average Bonchev–Trinajstić information content (AvgIpc) is 2.35. The number of hydrogen-bond acceptors (Lipinski definition) is 1. The summed E-state index contributed by atoms with van der Waals surface area (Å²) < 4.78 is 0. The number of allylic oxidation sites excluding steroid dienone is 3. The molecule has 0 aromatic rings. The minimum Gasteiger partial charge on any atom is -0.359 e. The van der Waals surface area contributed by atoms with Gasteiger partial charge in [-0.3, -0.25) is 4.99 Å². The Hall–Kier alpha value is -1.25. The number of nitrogens with one attached hydrogen (secondary N) is 2. The predicted molar refractivity (Wildman–Crippen MR) is 74.7 cm³/mol. The van der Waals surface area contributed by atoms with Gasteiger partial charge in [0.15, 0.2) is 5.96 Å². The van der Waals surface area contributed by atoms with Gasteiger partial charge in [0.1, 0.15) is 0 Å². The summed E-state index contributed by atoms with van der Waals surface area (Å²) in [6, 6.07) is 0. The smallest absolute Gasteiger partial charge is 0.194 e. The molecule has 0 rings (SSSR count). The Labute approximate surface area is 101 Å². The molecule has 0 aromatic carbocycles. The molecule has 94 valence electrons. The molecule has 0 bridgehead atoms. The molecule has 16 heavy (non-hydrogen) atoms. The van der Waals surface area contributed by atoms with Gasteiger partial charge < -0.3 is 10.6 Å². The Morgan fingerprint density at radius 3 is 2.38 bits per heavy atom. The zero-order valence-corrected chi connectivity index (χ0v) is 11.4. The predicted octanol–water partition coefficient (Wildman–Crippen LogP) is 3.07. The van der Waals surface area contributed by atoms with Gasteiger partial charge in [0.25, 0.3) is 0 Å². The lowest BCUT2D eigenvalue weighted by atomic mass is 10.2. The van der Waals surface area contributed by atoms with Crippen LogP contribution < -0.4 is 10.6 Å². The lowest BCUT2D eigenvalue weighted by molar-refractivity contribution is 0.758. The topological polar surface area (TPSA) is 36.4 Å². The second kappa shape index (κ2) is 13.8. The lowest BCUT2D eigenvalue weighted by Crippen LogP contribution is -2.34. The summed E-state index contributed by atoms with van der Waals surface area (Å²) in [5.41, 5.74) is 1.15. The van der Waals surface area contributed by atoms with Crippen molar-refractivity contribution in [3.8, 4) is 0 Å². The largest absolute Gasteiger partial charge is 0.359 e. The van der Waals surface area contributed by atoms with Crippen LogP contribution in [0.5, 0.6) is 0 Å². The van der Waals surface area contributed by atoms with Crippen molar-refractivity contribution in [1.82, 2.24) is 10.6 Å².